The minimum Gasteiger partial charge on any atom is -0.382 e. The van der Waals surface area contributed by atoms with E-state index in [0.717, 1.165) is 26.1 Å². The second-order valence-electron chi connectivity index (χ2n) is 3.16. The van der Waals surface area contributed by atoms with Crippen LogP contribution in [-0.4, -0.2) is 19.3 Å². The van der Waals surface area contributed by atoms with Crippen molar-refractivity contribution in [3.05, 3.63) is 20.8 Å². The van der Waals surface area contributed by atoms with E-state index in [9.17, 15) is 0 Å². The van der Waals surface area contributed by atoms with E-state index >= 15 is 0 Å². The van der Waals surface area contributed by atoms with E-state index in [1.807, 2.05) is 6.92 Å². The van der Waals surface area contributed by atoms with Gasteiger partial charge in [-0.2, -0.15) is 0 Å². The molecule has 0 amide bonds. The first kappa shape index (κ1) is 12.2. The van der Waals surface area contributed by atoms with E-state index in [2.05, 4.69) is 28.1 Å². The van der Waals surface area contributed by atoms with Gasteiger partial charge in [0.15, 0.2) is 0 Å². The smallest absolute Gasteiger partial charge is 0.0701 e. The standard InChI is InChI=1S/C10H16BrNOS/c1-2-13-6-5-8(12)7-9-3-4-10(11)14-9/h3-4,8H,2,5-7,12H2,1H3. The van der Waals surface area contributed by atoms with Gasteiger partial charge in [-0.1, -0.05) is 0 Å². The Morgan fingerprint density at radius 2 is 2.36 bits per heavy atom. The van der Waals surface area contributed by atoms with Crippen LogP contribution in [0.5, 0.6) is 0 Å². The molecule has 1 heterocycles. The predicted octanol–water partition coefficient (Wildman–Crippen LogP) is 2.81. The molecule has 2 N–H and O–H groups in total. The highest BCUT2D eigenvalue weighted by Crippen LogP contribution is 2.23. The maximum absolute atomic E-state index is 5.97. The molecular weight excluding hydrogens is 262 g/mol. The van der Waals surface area contributed by atoms with Crippen molar-refractivity contribution in [2.75, 3.05) is 13.2 Å². The van der Waals surface area contributed by atoms with Crippen LogP contribution in [0.3, 0.4) is 0 Å². The van der Waals surface area contributed by atoms with Crippen LogP contribution in [0.15, 0.2) is 15.9 Å². The number of nitrogens with two attached hydrogens (primary N) is 1. The van der Waals surface area contributed by atoms with Crippen molar-refractivity contribution in [3.8, 4) is 0 Å². The van der Waals surface area contributed by atoms with Gasteiger partial charge in [0.05, 0.1) is 3.79 Å². The van der Waals surface area contributed by atoms with Crippen molar-refractivity contribution in [1.82, 2.24) is 0 Å². The zero-order valence-electron chi connectivity index (χ0n) is 8.33. The molecular formula is C10H16BrNOS. The Kier molecular flexibility index (Phi) is 5.70. The zero-order valence-corrected chi connectivity index (χ0v) is 10.7. The lowest BCUT2D eigenvalue weighted by molar-refractivity contribution is 0.140. The molecule has 0 aliphatic carbocycles. The average Bonchev–Trinajstić information content (AvgIpc) is 2.52. The van der Waals surface area contributed by atoms with E-state index in [1.165, 1.54) is 8.66 Å². The molecule has 2 nitrogen and oxygen atoms in total. The summed E-state index contributed by atoms with van der Waals surface area (Å²) < 4.78 is 6.43. The van der Waals surface area contributed by atoms with Crippen LogP contribution in [0.25, 0.3) is 0 Å². The zero-order chi connectivity index (χ0) is 10.4. The molecule has 4 heteroatoms. The number of hydrogen-bond acceptors (Lipinski definition) is 3. The number of rotatable bonds is 6. The highest BCUT2D eigenvalue weighted by Gasteiger charge is 2.05. The molecule has 0 saturated carbocycles. The van der Waals surface area contributed by atoms with Gasteiger partial charge in [-0.25, -0.2) is 0 Å². The Hall–Kier alpha value is 0.1000. The molecule has 0 radical (unpaired) electrons. The minimum atomic E-state index is 0.215. The van der Waals surface area contributed by atoms with Gasteiger partial charge in [0.2, 0.25) is 0 Å². The molecule has 1 rings (SSSR count). The summed E-state index contributed by atoms with van der Waals surface area (Å²) in [5.74, 6) is 0. The number of halogens is 1. The molecule has 1 aromatic rings. The second kappa shape index (κ2) is 6.56. The minimum absolute atomic E-state index is 0.215. The molecule has 14 heavy (non-hydrogen) atoms. The van der Waals surface area contributed by atoms with Gasteiger partial charge in [0, 0.05) is 24.1 Å². The Morgan fingerprint density at radius 3 is 2.93 bits per heavy atom. The SMILES string of the molecule is CCOCCC(N)Cc1ccc(Br)s1. The molecule has 0 bridgehead atoms. The van der Waals surface area contributed by atoms with Crippen LogP contribution in [0.2, 0.25) is 0 Å². The Bertz CT molecular complexity index is 264. The van der Waals surface area contributed by atoms with Crippen molar-refractivity contribution in [1.29, 1.82) is 0 Å². The molecule has 1 aromatic heterocycles. The van der Waals surface area contributed by atoms with Crippen LogP contribution in [-0.2, 0) is 11.2 Å². The molecule has 0 aliphatic heterocycles. The first-order valence-corrected chi connectivity index (χ1v) is 6.41. The van der Waals surface area contributed by atoms with Gasteiger partial charge in [-0.15, -0.1) is 11.3 Å². The van der Waals surface area contributed by atoms with Crippen molar-refractivity contribution < 1.29 is 4.74 Å². The fraction of sp³-hybridized carbons (Fsp3) is 0.600. The summed E-state index contributed by atoms with van der Waals surface area (Å²) in [6.45, 7) is 3.55. The number of thiophene rings is 1. The topological polar surface area (TPSA) is 35.2 Å². The molecule has 80 valence electrons. The lowest BCUT2D eigenvalue weighted by Gasteiger charge is -2.09. The van der Waals surface area contributed by atoms with Crippen LogP contribution < -0.4 is 5.73 Å². The highest BCUT2D eigenvalue weighted by molar-refractivity contribution is 9.11. The largest absolute Gasteiger partial charge is 0.382 e. The molecule has 0 fully saturated rings. The van der Waals surface area contributed by atoms with Crippen molar-refractivity contribution in [2.24, 2.45) is 5.73 Å². The summed E-state index contributed by atoms with van der Waals surface area (Å²) in [6.07, 6.45) is 1.88. The maximum Gasteiger partial charge on any atom is 0.0701 e. The number of ether oxygens (including phenoxy) is 1. The van der Waals surface area contributed by atoms with E-state index in [-0.39, 0.29) is 6.04 Å². The third-order valence-electron chi connectivity index (χ3n) is 1.93. The lowest BCUT2D eigenvalue weighted by atomic mass is 10.1. The molecule has 0 saturated heterocycles. The first-order chi connectivity index (χ1) is 6.72. The van der Waals surface area contributed by atoms with Crippen LogP contribution in [0.4, 0.5) is 0 Å². The third kappa shape index (κ3) is 4.55. The maximum atomic E-state index is 5.97. The van der Waals surface area contributed by atoms with Gasteiger partial charge >= 0.3 is 0 Å². The highest BCUT2D eigenvalue weighted by atomic mass is 79.9. The van der Waals surface area contributed by atoms with Crippen LogP contribution >= 0.6 is 27.3 Å². The van der Waals surface area contributed by atoms with Crippen molar-refractivity contribution in [3.63, 3.8) is 0 Å². The fourth-order valence-electron chi connectivity index (χ4n) is 1.20. The van der Waals surface area contributed by atoms with E-state index < -0.39 is 0 Å². The van der Waals surface area contributed by atoms with Crippen LogP contribution in [0.1, 0.15) is 18.2 Å². The van der Waals surface area contributed by atoms with Crippen LogP contribution in [0, 0.1) is 0 Å². The Balaban J connectivity index is 2.23. The quantitative estimate of drug-likeness (QED) is 0.812. The monoisotopic (exact) mass is 277 g/mol. The van der Waals surface area contributed by atoms with Crippen molar-refractivity contribution in [2.45, 2.75) is 25.8 Å². The summed E-state index contributed by atoms with van der Waals surface area (Å²) >= 11 is 5.19. The third-order valence-corrected chi connectivity index (χ3v) is 3.58. The summed E-state index contributed by atoms with van der Waals surface area (Å²) in [5.41, 5.74) is 5.97. The predicted molar refractivity (Wildman–Crippen MR) is 64.8 cm³/mol. The number of hydrogen-bond donors (Lipinski definition) is 1. The van der Waals surface area contributed by atoms with Gasteiger partial charge < -0.3 is 10.5 Å². The normalized spacial score (nSPS) is 13.1. The summed E-state index contributed by atoms with van der Waals surface area (Å²) in [4.78, 5) is 1.33. The van der Waals surface area contributed by atoms with Gasteiger partial charge in [-0.05, 0) is 47.8 Å². The van der Waals surface area contributed by atoms with E-state index in [1.54, 1.807) is 11.3 Å². The molecule has 1 atom stereocenters. The molecule has 0 spiro atoms. The Morgan fingerprint density at radius 1 is 1.57 bits per heavy atom. The molecule has 1 unspecified atom stereocenters. The summed E-state index contributed by atoms with van der Waals surface area (Å²) in [5, 5.41) is 0. The fourth-order valence-corrected chi connectivity index (χ4v) is 2.78. The average molecular weight is 278 g/mol. The van der Waals surface area contributed by atoms with Gasteiger partial charge in [-0.3, -0.25) is 0 Å². The van der Waals surface area contributed by atoms with E-state index in [4.69, 9.17) is 10.5 Å². The summed E-state index contributed by atoms with van der Waals surface area (Å²) in [7, 11) is 0. The first-order valence-electron chi connectivity index (χ1n) is 4.80. The second-order valence-corrected chi connectivity index (χ2v) is 5.70. The Labute approximate surface area is 97.6 Å². The van der Waals surface area contributed by atoms with E-state index in [0.29, 0.717) is 0 Å². The van der Waals surface area contributed by atoms with Crippen molar-refractivity contribution >= 4 is 27.3 Å². The summed E-state index contributed by atoms with van der Waals surface area (Å²) in [6, 6.07) is 4.40. The molecule has 0 aromatic carbocycles. The van der Waals surface area contributed by atoms with Gasteiger partial charge in [0.25, 0.3) is 0 Å². The van der Waals surface area contributed by atoms with Gasteiger partial charge in [0.1, 0.15) is 0 Å². The molecule has 0 aliphatic rings. The lowest BCUT2D eigenvalue weighted by Crippen LogP contribution is -2.24.